The second-order valence-corrected chi connectivity index (χ2v) is 5.90. The van der Waals surface area contributed by atoms with Crippen molar-refractivity contribution in [3.05, 3.63) is 35.4 Å². The zero-order valence-electron chi connectivity index (χ0n) is 10.8. The van der Waals surface area contributed by atoms with Gasteiger partial charge in [0, 0.05) is 19.6 Å². The molecule has 1 aliphatic carbocycles. The first-order chi connectivity index (χ1) is 8.83. The van der Waals surface area contributed by atoms with Crippen molar-refractivity contribution in [2.24, 2.45) is 11.8 Å². The van der Waals surface area contributed by atoms with Crippen LogP contribution in [0.1, 0.15) is 36.8 Å². The Labute approximate surface area is 109 Å². The van der Waals surface area contributed by atoms with Crippen LogP contribution in [0.25, 0.3) is 0 Å². The van der Waals surface area contributed by atoms with Gasteiger partial charge >= 0.3 is 0 Å². The van der Waals surface area contributed by atoms with Crippen LogP contribution in [-0.2, 0) is 6.54 Å². The van der Waals surface area contributed by atoms with Crippen LogP contribution >= 0.6 is 0 Å². The minimum atomic E-state index is 0.759. The van der Waals surface area contributed by atoms with E-state index in [1.807, 2.05) is 12.1 Å². The minimum Gasteiger partial charge on any atom is -0.299 e. The molecule has 2 heteroatoms. The first-order valence-electron chi connectivity index (χ1n) is 7.05. The Hall–Kier alpha value is -1.33. The summed E-state index contributed by atoms with van der Waals surface area (Å²) >= 11 is 0. The molecule has 2 bridgehead atoms. The first-order valence-corrected chi connectivity index (χ1v) is 7.05. The number of benzene rings is 1. The van der Waals surface area contributed by atoms with E-state index in [1.165, 1.54) is 44.3 Å². The fourth-order valence-electron chi connectivity index (χ4n) is 3.61. The van der Waals surface area contributed by atoms with Gasteiger partial charge in [0.25, 0.3) is 0 Å². The van der Waals surface area contributed by atoms with Gasteiger partial charge in [0.2, 0.25) is 0 Å². The predicted octanol–water partition coefficient (Wildman–Crippen LogP) is 3.18. The molecule has 0 radical (unpaired) electrons. The Morgan fingerprint density at radius 3 is 2.39 bits per heavy atom. The van der Waals surface area contributed by atoms with Crippen LogP contribution in [0.2, 0.25) is 0 Å². The summed E-state index contributed by atoms with van der Waals surface area (Å²) in [5.74, 6) is 1.88. The maximum atomic E-state index is 8.80. The molecule has 2 nitrogen and oxygen atoms in total. The Kier molecular flexibility index (Phi) is 3.34. The maximum Gasteiger partial charge on any atom is 0.0991 e. The van der Waals surface area contributed by atoms with E-state index < -0.39 is 0 Å². The lowest BCUT2D eigenvalue weighted by Crippen LogP contribution is -2.42. The molecular weight excluding hydrogens is 220 g/mol. The van der Waals surface area contributed by atoms with Gasteiger partial charge in [-0.3, -0.25) is 4.90 Å². The highest BCUT2D eigenvalue weighted by Gasteiger charge is 2.30. The van der Waals surface area contributed by atoms with Crippen molar-refractivity contribution in [1.29, 1.82) is 5.26 Å². The van der Waals surface area contributed by atoms with E-state index in [0.29, 0.717) is 0 Å². The van der Waals surface area contributed by atoms with Crippen molar-refractivity contribution in [3.8, 4) is 6.07 Å². The lowest BCUT2D eigenvalue weighted by molar-refractivity contribution is 0.0808. The fraction of sp³-hybridized carbons (Fsp3) is 0.562. The van der Waals surface area contributed by atoms with Gasteiger partial charge in [-0.25, -0.2) is 0 Å². The van der Waals surface area contributed by atoms with Crippen molar-refractivity contribution in [1.82, 2.24) is 4.90 Å². The Morgan fingerprint density at radius 1 is 1.11 bits per heavy atom. The molecule has 0 aromatic heterocycles. The second kappa shape index (κ2) is 5.12. The Morgan fingerprint density at radius 2 is 1.78 bits per heavy atom. The molecule has 18 heavy (non-hydrogen) atoms. The highest BCUT2D eigenvalue weighted by Crippen LogP contribution is 2.34. The summed E-state index contributed by atoms with van der Waals surface area (Å²) < 4.78 is 0. The van der Waals surface area contributed by atoms with Crippen LogP contribution in [0.3, 0.4) is 0 Å². The normalized spacial score (nSPS) is 27.7. The Balaban J connectivity index is 1.63. The van der Waals surface area contributed by atoms with Crippen LogP contribution in [0, 0.1) is 23.2 Å². The number of likely N-dealkylation sites (tertiary alicyclic amines) is 1. The zero-order valence-corrected chi connectivity index (χ0v) is 10.8. The molecule has 1 saturated carbocycles. The molecular formula is C16H20N2. The number of nitrogens with zero attached hydrogens (tertiary/aromatic N) is 2. The number of hydrogen-bond acceptors (Lipinski definition) is 2. The number of piperidine rings is 1. The molecule has 1 heterocycles. The standard InChI is InChI=1S/C16H20N2/c17-9-13-4-6-14(7-5-13)10-18-11-15-2-1-3-16(8-15)12-18/h4-7,15-16H,1-3,8,10-12H2/t15-,16-/m0/s1. The summed E-state index contributed by atoms with van der Waals surface area (Å²) in [7, 11) is 0. The number of fused-ring (bicyclic) bond motifs is 2. The molecule has 1 saturated heterocycles. The smallest absolute Gasteiger partial charge is 0.0991 e. The lowest BCUT2D eigenvalue weighted by Gasteiger charge is -2.41. The molecule has 1 aromatic rings. The van der Waals surface area contributed by atoms with E-state index in [2.05, 4.69) is 23.1 Å². The molecule has 3 rings (SSSR count). The quantitative estimate of drug-likeness (QED) is 0.794. The van der Waals surface area contributed by atoms with Gasteiger partial charge in [-0.1, -0.05) is 18.6 Å². The first kappa shape index (κ1) is 11.7. The van der Waals surface area contributed by atoms with Crippen molar-refractivity contribution in [2.45, 2.75) is 32.2 Å². The highest BCUT2D eigenvalue weighted by molar-refractivity contribution is 5.31. The average molecular weight is 240 g/mol. The molecule has 2 atom stereocenters. The third-order valence-electron chi connectivity index (χ3n) is 4.41. The molecule has 0 unspecified atom stereocenters. The van der Waals surface area contributed by atoms with Crippen molar-refractivity contribution in [2.75, 3.05) is 13.1 Å². The van der Waals surface area contributed by atoms with Crippen LogP contribution in [0.5, 0.6) is 0 Å². The van der Waals surface area contributed by atoms with E-state index in [9.17, 15) is 0 Å². The van der Waals surface area contributed by atoms with E-state index in [0.717, 1.165) is 23.9 Å². The third-order valence-corrected chi connectivity index (χ3v) is 4.41. The van der Waals surface area contributed by atoms with Gasteiger partial charge in [-0.05, 0) is 48.8 Å². The van der Waals surface area contributed by atoms with Gasteiger partial charge in [-0.15, -0.1) is 0 Å². The minimum absolute atomic E-state index is 0.759. The predicted molar refractivity (Wildman–Crippen MR) is 71.9 cm³/mol. The SMILES string of the molecule is N#Cc1ccc(CN2C[C@H]3CCC[C@@H](C3)C2)cc1. The topological polar surface area (TPSA) is 27.0 Å². The summed E-state index contributed by atoms with van der Waals surface area (Å²) in [6.45, 7) is 3.60. The molecule has 94 valence electrons. The van der Waals surface area contributed by atoms with E-state index in [-0.39, 0.29) is 0 Å². The zero-order chi connectivity index (χ0) is 12.4. The van der Waals surface area contributed by atoms with Gasteiger partial charge < -0.3 is 0 Å². The average Bonchev–Trinajstić information content (AvgIpc) is 2.39. The summed E-state index contributed by atoms with van der Waals surface area (Å²) in [5.41, 5.74) is 2.10. The lowest BCUT2D eigenvalue weighted by atomic mass is 9.78. The fourth-order valence-corrected chi connectivity index (χ4v) is 3.61. The molecule has 0 spiro atoms. The second-order valence-electron chi connectivity index (χ2n) is 5.90. The summed E-state index contributed by atoms with van der Waals surface area (Å²) in [6, 6.07) is 10.2. The van der Waals surface area contributed by atoms with Crippen LogP contribution in [0.15, 0.2) is 24.3 Å². The summed E-state index contributed by atoms with van der Waals surface area (Å²) in [6.07, 6.45) is 5.77. The van der Waals surface area contributed by atoms with Crippen molar-refractivity contribution >= 4 is 0 Å². The van der Waals surface area contributed by atoms with Crippen LogP contribution in [0.4, 0.5) is 0 Å². The molecule has 1 aliphatic heterocycles. The molecule has 2 fully saturated rings. The highest BCUT2D eigenvalue weighted by atomic mass is 15.1. The molecule has 0 amide bonds. The van der Waals surface area contributed by atoms with E-state index in [1.54, 1.807) is 0 Å². The number of hydrogen-bond donors (Lipinski definition) is 0. The van der Waals surface area contributed by atoms with E-state index >= 15 is 0 Å². The molecule has 2 aliphatic rings. The van der Waals surface area contributed by atoms with Gasteiger partial charge in [0.05, 0.1) is 11.6 Å². The van der Waals surface area contributed by atoms with Crippen LogP contribution < -0.4 is 0 Å². The van der Waals surface area contributed by atoms with E-state index in [4.69, 9.17) is 5.26 Å². The third kappa shape index (κ3) is 2.57. The van der Waals surface area contributed by atoms with Gasteiger partial charge in [-0.2, -0.15) is 5.26 Å². The summed E-state index contributed by atoms with van der Waals surface area (Å²) in [5, 5.41) is 8.80. The Bertz CT molecular complexity index is 431. The summed E-state index contributed by atoms with van der Waals surface area (Å²) in [4.78, 5) is 2.61. The number of rotatable bonds is 2. The maximum absolute atomic E-state index is 8.80. The van der Waals surface area contributed by atoms with Crippen LogP contribution in [-0.4, -0.2) is 18.0 Å². The number of nitriles is 1. The molecule has 0 N–H and O–H groups in total. The molecule has 1 aromatic carbocycles. The van der Waals surface area contributed by atoms with Gasteiger partial charge in [0.15, 0.2) is 0 Å². The van der Waals surface area contributed by atoms with Crippen molar-refractivity contribution in [3.63, 3.8) is 0 Å². The largest absolute Gasteiger partial charge is 0.299 e. The van der Waals surface area contributed by atoms with Gasteiger partial charge in [0.1, 0.15) is 0 Å². The monoisotopic (exact) mass is 240 g/mol. The van der Waals surface area contributed by atoms with Crippen molar-refractivity contribution < 1.29 is 0 Å².